The molecule has 0 bridgehead atoms. The lowest BCUT2D eigenvalue weighted by Crippen LogP contribution is -2.48. The summed E-state index contributed by atoms with van der Waals surface area (Å²) in [6.45, 7) is 7.94. The number of benzene rings is 2. The van der Waals surface area contributed by atoms with Gasteiger partial charge in [-0.25, -0.2) is 0 Å². The zero-order valence-electron chi connectivity index (χ0n) is 20.0. The average molecular weight is 477 g/mol. The maximum atomic E-state index is 13.7. The van der Waals surface area contributed by atoms with Crippen LogP contribution in [-0.2, 0) is 11.2 Å². The van der Waals surface area contributed by atoms with Crippen LogP contribution >= 0.6 is 11.3 Å². The summed E-state index contributed by atoms with van der Waals surface area (Å²) in [7, 11) is 0. The third kappa shape index (κ3) is 5.17. The smallest absolute Gasteiger partial charge is 0.254 e. The number of rotatable bonds is 9. The maximum absolute atomic E-state index is 13.7. The van der Waals surface area contributed by atoms with Gasteiger partial charge in [0, 0.05) is 23.5 Å². The minimum Gasteiger partial charge on any atom is -0.494 e. The van der Waals surface area contributed by atoms with E-state index in [1.807, 2.05) is 77.9 Å². The van der Waals surface area contributed by atoms with Crippen molar-refractivity contribution in [1.82, 2.24) is 10.2 Å². The van der Waals surface area contributed by atoms with Gasteiger partial charge in [0.05, 0.1) is 18.6 Å². The number of ether oxygens (including phenoxy) is 1. The number of hydrogen-bond donors (Lipinski definition) is 1. The quantitative estimate of drug-likeness (QED) is 0.447. The molecule has 0 unspecified atom stereocenters. The second-order valence-electron chi connectivity index (χ2n) is 8.99. The van der Waals surface area contributed by atoms with Gasteiger partial charge in [-0.2, -0.15) is 0 Å². The highest BCUT2D eigenvalue weighted by Crippen LogP contribution is 2.44. The van der Waals surface area contributed by atoms with Crippen molar-refractivity contribution in [2.45, 2.75) is 39.2 Å². The van der Waals surface area contributed by atoms with Gasteiger partial charge in [0.15, 0.2) is 0 Å². The van der Waals surface area contributed by atoms with E-state index in [0.717, 1.165) is 28.2 Å². The summed E-state index contributed by atoms with van der Waals surface area (Å²) >= 11 is 1.60. The van der Waals surface area contributed by atoms with Crippen LogP contribution < -0.4 is 10.1 Å². The Kier molecular flexibility index (Phi) is 7.68. The van der Waals surface area contributed by atoms with Gasteiger partial charge in [-0.3, -0.25) is 9.59 Å². The first-order chi connectivity index (χ1) is 16.5. The molecule has 0 radical (unpaired) electrons. The van der Waals surface area contributed by atoms with E-state index < -0.39 is 5.92 Å². The van der Waals surface area contributed by atoms with E-state index >= 15 is 0 Å². The molecule has 1 aliphatic heterocycles. The van der Waals surface area contributed by atoms with Crippen molar-refractivity contribution in [3.63, 3.8) is 0 Å². The van der Waals surface area contributed by atoms with E-state index in [9.17, 15) is 9.59 Å². The molecular formula is C28H32N2O3S. The van der Waals surface area contributed by atoms with Gasteiger partial charge in [-0.15, -0.1) is 11.3 Å². The fraction of sp³-hybridized carbons (Fsp3) is 0.357. The summed E-state index contributed by atoms with van der Waals surface area (Å²) in [6, 6.07) is 19.2. The first kappa shape index (κ1) is 24.0. The lowest BCUT2D eigenvalue weighted by molar-refractivity contribution is -0.124. The molecule has 5 nitrogen and oxygen atoms in total. The van der Waals surface area contributed by atoms with Crippen LogP contribution in [0.15, 0.2) is 66.0 Å². The van der Waals surface area contributed by atoms with Gasteiger partial charge in [0.1, 0.15) is 5.75 Å². The number of carbonyl (C=O) groups is 2. The molecule has 2 heterocycles. The third-order valence-corrected chi connectivity index (χ3v) is 7.01. The molecule has 4 rings (SSSR count). The van der Waals surface area contributed by atoms with Crippen molar-refractivity contribution >= 4 is 23.2 Å². The number of amides is 2. The summed E-state index contributed by atoms with van der Waals surface area (Å²) in [5, 5.41) is 5.17. The number of fused-ring (bicyclic) bond motifs is 1. The summed E-state index contributed by atoms with van der Waals surface area (Å²) in [6.07, 6.45) is 0.727. The number of nitrogens with one attached hydrogen (secondary N) is 1. The van der Waals surface area contributed by atoms with Crippen LogP contribution in [0.4, 0.5) is 0 Å². The highest BCUT2D eigenvalue weighted by Gasteiger charge is 2.44. The van der Waals surface area contributed by atoms with Crippen LogP contribution in [0.1, 0.15) is 59.1 Å². The van der Waals surface area contributed by atoms with Crippen molar-refractivity contribution < 1.29 is 14.3 Å². The summed E-state index contributed by atoms with van der Waals surface area (Å²) in [4.78, 5) is 30.1. The van der Waals surface area contributed by atoms with E-state index in [-0.39, 0.29) is 17.9 Å². The topological polar surface area (TPSA) is 58.6 Å². The van der Waals surface area contributed by atoms with Crippen molar-refractivity contribution in [3.05, 3.63) is 87.6 Å². The average Bonchev–Trinajstić information content (AvgIpc) is 3.36. The molecule has 178 valence electrons. The van der Waals surface area contributed by atoms with E-state index in [4.69, 9.17) is 4.74 Å². The third-order valence-electron chi connectivity index (χ3n) is 6.06. The number of hydrogen-bond acceptors (Lipinski definition) is 4. The number of nitrogens with zero attached hydrogens (tertiary/aromatic N) is 1. The Balaban J connectivity index is 1.58. The lowest BCUT2D eigenvalue weighted by Gasteiger charge is -2.42. The molecule has 2 amide bonds. The van der Waals surface area contributed by atoms with E-state index in [0.29, 0.717) is 31.2 Å². The molecule has 3 aromatic rings. The summed E-state index contributed by atoms with van der Waals surface area (Å²) in [5.41, 5.74) is 2.58. The zero-order valence-corrected chi connectivity index (χ0v) is 20.8. The van der Waals surface area contributed by atoms with Gasteiger partial charge in [-0.05, 0) is 60.0 Å². The number of thiophene rings is 1. The molecule has 0 saturated carbocycles. The predicted octanol–water partition coefficient (Wildman–Crippen LogP) is 5.44. The number of carbonyl (C=O) groups excluding carboxylic acids is 2. The van der Waals surface area contributed by atoms with Gasteiger partial charge in [-0.1, -0.05) is 50.2 Å². The van der Waals surface area contributed by atoms with Crippen LogP contribution in [0.25, 0.3) is 0 Å². The molecule has 1 aromatic heterocycles. The fourth-order valence-electron chi connectivity index (χ4n) is 4.60. The fourth-order valence-corrected chi connectivity index (χ4v) is 5.48. The van der Waals surface area contributed by atoms with Gasteiger partial charge < -0.3 is 15.0 Å². The largest absolute Gasteiger partial charge is 0.494 e. The Morgan fingerprint density at radius 3 is 2.53 bits per heavy atom. The first-order valence-electron chi connectivity index (χ1n) is 11.9. The molecule has 34 heavy (non-hydrogen) atoms. The Hall–Kier alpha value is -3.12. The molecule has 0 saturated heterocycles. The SMILES string of the molecule is CCOc1ccc(CCNC(=O)[C@@H]2c3ccccc3C(=O)N(CC(C)C)[C@H]2c2cccs2)cc1. The minimum atomic E-state index is -0.452. The molecule has 0 fully saturated rings. The van der Waals surface area contributed by atoms with Crippen LogP contribution in [-0.4, -0.2) is 36.4 Å². The van der Waals surface area contributed by atoms with Crippen LogP contribution in [0.5, 0.6) is 5.75 Å². The summed E-state index contributed by atoms with van der Waals surface area (Å²) < 4.78 is 5.51. The molecule has 1 N–H and O–H groups in total. The molecular weight excluding hydrogens is 444 g/mol. The minimum absolute atomic E-state index is 0.00105. The predicted molar refractivity (Wildman–Crippen MR) is 136 cm³/mol. The van der Waals surface area contributed by atoms with Crippen molar-refractivity contribution in [1.29, 1.82) is 0 Å². The Bertz CT molecular complexity index is 1110. The first-order valence-corrected chi connectivity index (χ1v) is 12.8. The maximum Gasteiger partial charge on any atom is 0.254 e. The Morgan fingerprint density at radius 2 is 1.85 bits per heavy atom. The van der Waals surface area contributed by atoms with Crippen molar-refractivity contribution in [2.75, 3.05) is 19.7 Å². The molecule has 1 aliphatic rings. The lowest BCUT2D eigenvalue weighted by atomic mass is 9.81. The monoisotopic (exact) mass is 476 g/mol. The van der Waals surface area contributed by atoms with Gasteiger partial charge >= 0.3 is 0 Å². The van der Waals surface area contributed by atoms with Crippen LogP contribution in [0, 0.1) is 5.92 Å². The highest BCUT2D eigenvalue weighted by molar-refractivity contribution is 7.10. The van der Waals surface area contributed by atoms with Crippen molar-refractivity contribution in [2.24, 2.45) is 5.92 Å². The molecule has 0 aliphatic carbocycles. The highest BCUT2D eigenvalue weighted by atomic mass is 32.1. The Morgan fingerprint density at radius 1 is 1.09 bits per heavy atom. The normalized spacial score (nSPS) is 17.5. The van der Waals surface area contributed by atoms with Crippen LogP contribution in [0.2, 0.25) is 0 Å². The van der Waals surface area contributed by atoms with E-state index in [1.165, 1.54) is 0 Å². The van der Waals surface area contributed by atoms with Gasteiger partial charge in [0.2, 0.25) is 5.91 Å². The Labute approximate surface area is 205 Å². The van der Waals surface area contributed by atoms with Crippen molar-refractivity contribution in [3.8, 4) is 5.75 Å². The zero-order chi connectivity index (χ0) is 24.1. The molecule has 6 heteroatoms. The molecule has 0 spiro atoms. The standard InChI is InChI=1S/C28H32N2O3S/c1-4-33-21-13-11-20(12-14-21)15-16-29-27(31)25-22-8-5-6-9-23(22)28(32)30(18-19(2)3)26(25)24-10-7-17-34-24/h5-14,17,19,25-26H,4,15-16,18H2,1-3H3,(H,29,31)/t25-,26+/m1/s1. The van der Waals surface area contributed by atoms with Crippen LogP contribution in [0.3, 0.4) is 0 Å². The van der Waals surface area contributed by atoms with Gasteiger partial charge in [0.25, 0.3) is 5.91 Å². The molecule has 2 atom stereocenters. The second kappa shape index (κ2) is 10.9. The van der Waals surface area contributed by atoms with E-state index in [1.54, 1.807) is 11.3 Å². The second-order valence-corrected chi connectivity index (χ2v) is 9.97. The molecule has 2 aromatic carbocycles. The summed E-state index contributed by atoms with van der Waals surface area (Å²) in [5.74, 6) is 0.647. The van der Waals surface area contributed by atoms with E-state index in [2.05, 4.69) is 19.2 Å².